The fourth-order valence-electron chi connectivity index (χ4n) is 6.04. The van der Waals surface area contributed by atoms with Crippen molar-refractivity contribution in [3.8, 4) is 0 Å². The second kappa shape index (κ2) is 10.9. The van der Waals surface area contributed by atoms with Gasteiger partial charge in [-0.25, -0.2) is 25.0 Å². The Bertz CT molecular complexity index is 2000. The number of hydrogen-bond donors (Lipinski definition) is 3. The maximum Gasteiger partial charge on any atom is 0.194 e. The van der Waals surface area contributed by atoms with Crippen molar-refractivity contribution in [2.75, 3.05) is 10.0 Å². The largest absolute Gasteiger partial charge is 0.346 e. The molecule has 1 aromatic carbocycles. The minimum absolute atomic E-state index is 0.430. The van der Waals surface area contributed by atoms with Gasteiger partial charge < -0.3 is 4.98 Å². The first-order valence-electron chi connectivity index (χ1n) is 14.1. The number of imidazole rings is 1. The molecule has 3 N–H and O–H groups in total. The molecule has 45 heavy (non-hydrogen) atoms. The summed E-state index contributed by atoms with van der Waals surface area (Å²) in [4.78, 5) is 32.4. The second-order valence-electron chi connectivity index (χ2n) is 10.1. The van der Waals surface area contributed by atoms with Gasteiger partial charge in [-0.15, -0.1) is 5.10 Å². The lowest BCUT2D eigenvalue weighted by Crippen LogP contribution is -2.63. The van der Waals surface area contributed by atoms with E-state index in [0.29, 0.717) is 34.7 Å². The number of rotatable bonds is 7. The number of hydrazine groups is 1. The number of H-pyrrole nitrogens is 3. The van der Waals surface area contributed by atoms with Crippen LogP contribution in [-0.2, 0) is 5.54 Å². The lowest BCUT2D eigenvalue weighted by atomic mass is 9.70. The number of pyridine rings is 1. The van der Waals surface area contributed by atoms with Crippen LogP contribution in [0.25, 0.3) is 11.3 Å². The zero-order chi connectivity index (χ0) is 30.1. The Balaban J connectivity index is 1.64. The zero-order valence-electron chi connectivity index (χ0n) is 23.5. The van der Waals surface area contributed by atoms with Crippen LogP contribution in [0.5, 0.6) is 0 Å². The maximum atomic E-state index is 4.91. The van der Waals surface area contributed by atoms with Gasteiger partial charge in [0.1, 0.15) is 11.6 Å². The third-order valence-corrected chi connectivity index (χ3v) is 7.67. The molecule has 0 aliphatic carbocycles. The van der Waals surface area contributed by atoms with Crippen molar-refractivity contribution in [1.82, 2.24) is 60.5 Å². The van der Waals surface area contributed by atoms with E-state index < -0.39 is 11.5 Å². The van der Waals surface area contributed by atoms with E-state index in [1.54, 1.807) is 68.0 Å². The van der Waals surface area contributed by atoms with Crippen LogP contribution in [-0.4, -0.2) is 60.5 Å². The van der Waals surface area contributed by atoms with Gasteiger partial charge in [0.2, 0.25) is 0 Å². The Morgan fingerprint density at radius 2 is 1.58 bits per heavy atom. The number of anilines is 2. The standard InChI is InChI=1S/C31H24N14/c1-2-7-21(8-3-1)28-26(22-9-4-5-11-33-22)27(23-19-32-15-16-34-23)31(30-37-17-18-38-30,29-35-12-6-13-36-29)45(24-10-14-39-41-24)44(28)25-20-40-43-42-25/h1-20,27H,(H,37,38)(H,39,41)(H,40,42,43). The minimum Gasteiger partial charge on any atom is -0.346 e. The molecule has 14 heteroatoms. The molecule has 8 rings (SSSR count). The molecule has 0 spiro atoms. The molecule has 2 unspecified atom stereocenters. The number of nitrogens with one attached hydrogen (secondary N) is 3. The summed E-state index contributed by atoms with van der Waals surface area (Å²) >= 11 is 0. The monoisotopic (exact) mass is 592 g/mol. The van der Waals surface area contributed by atoms with Gasteiger partial charge >= 0.3 is 0 Å². The van der Waals surface area contributed by atoms with Crippen LogP contribution in [0.3, 0.4) is 0 Å². The Kier molecular flexibility index (Phi) is 6.33. The van der Waals surface area contributed by atoms with Gasteiger partial charge in [-0.05, 0) is 18.2 Å². The molecule has 14 nitrogen and oxygen atoms in total. The van der Waals surface area contributed by atoms with Crippen molar-refractivity contribution < 1.29 is 0 Å². The molecular formula is C31H24N14. The van der Waals surface area contributed by atoms with Gasteiger partial charge in [0.05, 0.1) is 35.4 Å². The first-order chi connectivity index (χ1) is 22.4. The zero-order valence-corrected chi connectivity index (χ0v) is 23.5. The lowest BCUT2D eigenvalue weighted by molar-refractivity contribution is 0.376. The van der Waals surface area contributed by atoms with E-state index in [2.05, 4.69) is 35.6 Å². The van der Waals surface area contributed by atoms with E-state index in [1.807, 2.05) is 64.6 Å². The van der Waals surface area contributed by atoms with Crippen molar-refractivity contribution in [2.45, 2.75) is 11.5 Å². The van der Waals surface area contributed by atoms with Crippen molar-refractivity contribution in [3.63, 3.8) is 0 Å². The Morgan fingerprint density at radius 3 is 2.27 bits per heavy atom. The predicted octanol–water partition coefficient (Wildman–Crippen LogP) is 3.76. The third-order valence-electron chi connectivity index (χ3n) is 7.67. The van der Waals surface area contributed by atoms with Crippen LogP contribution in [0.15, 0.2) is 123 Å². The van der Waals surface area contributed by atoms with Crippen molar-refractivity contribution >= 4 is 22.9 Å². The molecule has 1 aliphatic rings. The summed E-state index contributed by atoms with van der Waals surface area (Å²) in [6.07, 6.45) is 17.1. The van der Waals surface area contributed by atoms with E-state index in [1.165, 1.54) is 0 Å². The molecule has 6 aromatic heterocycles. The summed E-state index contributed by atoms with van der Waals surface area (Å²) in [5, 5.41) is 23.1. The number of aromatic amines is 3. The first kappa shape index (κ1) is 26.1. The van der Waals surface area contributed by atoms with Gasteiger partial charge in [-0.1, -0.05) is 36.4 Å². The molecule has 0 saturated carbocycles. The van der Waals surface area contributed by atoms with E-state index in [4.69, 9.17) is 24.9 Å². The highest BCUT2D eigenvalue weighted by molar-refractivity contribution is 6.02. The van der Waals surface area contributed by atoms with Crippen molar-refractivity contribution in [3.05, 3.63) is 151 Å². The first-order valence-corrected chi connectivity index (χ1v) is 14.1. The third kappa shape index (κ3) is 4.15. The highest BCUT2D eigenvalue weighted by atomic mass is 15.7. The number of nitrogens with zero attached hydrogens (tertiary/aromatic N) is 11. The highest BCUT2D eigenvalue weighted by Crippen LogP contribution is 2.58. The smallest absolute Gasteiger partial charge is 0.194 e. The average Bonchev–Trinajstić information content (AvgIpc) is 3.94. The van der Waals surface area contributed by atoms with Crippen LogP contribution in [0.4, 0.5) is 11.6 Å². The molecule has 0 saturated heterocycles. The molecule has 218 valence electrons. The van der Waals surface area contributed by atoms with Gasteiger partial charge in [0, 0.05) is 66.8 Å². The fraction of sp³-hybridized carbons (Fsp3) is 0.0645. The minimum atomic E-state index is -1.35. The topological polar surface area (TPSA) is 170 Å². The van der Waals surface area contributed by atoms with Gasteiger partial charge in [0.15, 0.2) is 17.2 Å². The maximum absolute atomic E-state index is 4.91. The average molecular weight is 593 g/mol. The molecule has 1 aliphatic heterocycles. The molecule has 0 bridgehead atoms. The van der Waals surface area contributed by atoms with Crippen LogP contribution < -0.4 is 10.0 Å². The van der Waals surface area contributed by atoms with Gasteiger partial charge in [0.25, 0.3) is 0 Å². The van der Waals surface area contributed by atoms with Gasteiger partial charge in [-0.3, -0.25) is 20.1 Å². The van der Waals surface area contributed by atoms with Crippen LogP contribution in [0.1, 0.15) is 34.5 Å². The fourth-order valence-corrected chi connectivity index (χ4v) is 6.04. The molecule has 7 heterocycles. The lowest BCUT2D eigenvalue weighted by Gasteiger charge is -2.55. The Hall–Kier alpha value is -6.57. The number of aromatic nitrogens is 12. The van der Waals surface area contributed by atoms with E-state index in [0.717, 1.165) is 16.8 Å². The molecule has 0 radical (unpaired) electrons. The molecule has 0 amide bonds. The van der Waals surface area contributed by atoms with Crippen molar-refractivity contribution in [1.29, 1.82) is 0 Å². The molecule has 2 atom stereocenters. The highest BCUT2D eigenvalue weighted by Gasteiger charge is 2.62. The molecule has 0 fully saturated rings. The van der Waals surface area contributed by atoms with Crippen LogP contribution in [0, 0.1) is 0 Å². The summed E-state index contributed by atoms with van der Waals surface area (Å²) in [6, 6.07) is 19.5. The van der Waals surface area contributed by atoms with Crippen LogP contribution >= 0.6 is 0 Å². The number of hydrogen-bond acceptors (Lipinski definition) is 11. The SMILES string of the molecule is c1ccc(C2=C(c3ccccn3)C(c3cnccn3)C(c3ncccn3)(c3ncc[nH]3)N(c3ccn[nH]3)N2c2cn[nH]n2)cc1. The summed E-state index contributed by atoms with van der Waals surface area (Å²) in [5.74, 6) is 1.40. The summed E-state index contributed by atoms with van der Waals surface area (Å²) < 4.78 is 0. The summed E-state index contributed by atoms with van der Waals surface area (Å²) in [5.41, 5.74) is 2.46. The van der Waals surface area contributed by atoms with E-state index in [-0.39, 0.29) is 0 Å². The Morgan fingerprint density at radius 1 is 0.711 bits per heavy atom. The summed E-state index contributed by atoms with van der Waals surface area (Å²) in [6.45, 7) is 0. The normalized spacial score (nSPS) is 18.4. The number of benzene rings is 1. The van der Waals surface area contributed by atoms with E-state index in [9.17, 15) is 0 Å². The van der Waals surface area contributed by atoms with E-state index >= 15 is 0 Å². The quantitative estimate of drug-likeness (QED) is 0.246. The summed E-state index contributed by atoms with van der Waals surface area (Å²) in [7, 11) is 0. The van der Waals surface area contributed by atoms with Crippen LogP contribution in [0.2, 0.25) is 0 Å². The second-order valence-corrected chi connectivity index (χ2v) is 10.1. The van der Waals surface area contributed by atoms with Crippen molar-refractivity contribution in [2.24, 2.45) is 0 Å². The van der Waals surface area contributed by atoms with Gasteiger partial charge in [-0.2, -0.15) is 15.4 Å². The molecule has 7 aromatic rings. The predicted molar refractivity (Wildman–Crippen MR) is 164 cm³/mol. The Labute approximate surface area is 256 Å². The molecular weight excluding hydrogens is 568 g/mol.